The Labute approximate surface area is 133 Å². The number of rotatable bonds is 5. The Balaban J connectivity index is 2.21. The molecule has 1 unspecified atom stereocenters. The van der Waals surface area contributed by atoms with Crippen LogP contribution >= 0.6 is 11.6 Å². The summed E-state index contributed by atoms with van der Waals surface area (Å²) in [5.74, 6) is -0.731. The summed E-state index contributed by atoms with van der Waals surface area (Å²) < 4.78 is 0. The lowest BCUT2D eigenvalue weighted by Gasteiger charge is -2.16. The van der Waals surface area contributed by atoms with Crippen LogP contribution in [0.5, 0.6) is 0 Å². The average molecular weight is 317 g/mol. The van der Waals surface area contributed by atoms with Crippen LogP contribution in [0.15, 0.2) is 42.5 Å². The van der Waals surface area contributed by atoms with Gasteiger partial charge in [-0.1, -0.05) is 23.7 Å². The van der Waals surface area contributed by atoms with Crippen LogP contribution in [0.2, 0.25) is 5.02 Å². The SMILES string of the molecule is N=Cc1cc(NC(=O)C(CN)c2cccc(Cl)c2)ccc1N. The summed E-state index contributed by atoms with van der Waals surface area (Å²) in [4.78, 5) is 12.4. The fraction of sp³-hybridized carbons (Fsp3) is 0.125. The van der Waals surface area contributed by atoms with Crippen LogP contribution in [0.3, 0.4) is 0 Å². The molecule has 0 spiro atoms. The van der Waals surface area contributed by atoms with Crippen molar-refractivity contribution in [2.75, 3.05) is 17.6 Å². The highest BCUT2D eigenvalue weighted by molar-refractivity contribution is 6.30. The van der Waals surface area contributed by atoms with Crippen molar-refractivity contribution >= 4 is 35.1 Å². The smallest absolute Gasteiger partial charge is 0.233 e. The number of nitrogen functional groups attached to an aromatic ring is 1. The molecular weight excluding hydrogens is 300 g/mol. The van der Waals surface area contributed by atoms with E-state index in [0.717, 1.165) is 11.8 Å². The number of hydrogen-bond donors (Lipinski definition) is 4. The van der Waals surface area contributed by atoms with Crippen molar-refractivity contribution in [3.05, 3.63) is 58.6 Å². The molecule has 1 amide bonds. The topological polar surface area (TPSA) is 105 Å². The fourth-order valence-electron chi connectivity index (χ4n) is 2.12. The van der Waals surface area contributed by atoms with Gasteiger partial charge in [0.1, 0.15) is 0 Å². The molecule has 0 bridgehead atoms. The van der Waals surface area contributed by atoms with Crippen molar-refractivity contribution in [1.82, 2.24) is 0 Å². The molecule has 0 aliphatic rings. The number of carbonyl (C=O) groups excluding carboxylic acids is 1. The van der Waals surface area contributed by atoms with Gasteiger partial charge in [-0.15, -0.1) is 0 Å². The summed E-state index contributed by atoms with van der Waals surface area (Å²) in [5, 5.41) is 10.6. The Morgan fingerprint density at radius 1 is 1.32 bits per heavy atom. The van der Waals surface area contributed by atoms with E-state index in [2.05, 4.69) is 5.32 Å². The van der Waals surface area contributed by atoms with Gasteiger partial charge in [-0.3, -0.25) is 4.79 Å². The third-order valence-corrected chi connectivity index (χ3v) is 3.55. The minimum atomic E-state index is -0.500. The molecule has 22 heavy (non-hydrogen) atoms. The summed E-state index contributed by atoms with van der Waals surface area (Å²) in [7, 11) is 0. The first-order chi connectivity index (χ1) is 10.5. The number of anilines is 2. The molecule has 2 aromatic carbocycles. The predicted molar refractivity (Wildman–Crippen MR) is 90.6 cm³/mol. The van der Waals surface area contributed by atoms with Gasteiger partial charge < -0.3 is 22.2 Å². The molecule has 0 aliphatic carbocycles. The number of nitrogens with two attached hydrogens (primary N) is 2. The maximum absolute atomic E-state index is 12.4. The zero-order valence-corrected chi connectivity index (χ0v) is 12.6. The van der Waals surface area contributed by atoms with Crippen LogP contribution in [-0.2, 0) is 4.79 Å². The third kappa shape index (κ3) is 3.63. The van der Waals surface area contributed by atoms with E-state index < -0.39 is 5.92 Å². The van der Waals surface area contributed by atoms with E-state index in [4.69, 9.17) is 28.5 Å². The zero-order chi connectivity index (χ0) is 16.1. The van der Waals surface area contributed by atoms with Crippen LogP contribution in [-0.4, -0.2) is 18.7 Å². The molecular formula is C16H17ClN4O. The number of amides is 1. The van der Waals surface area contributed by atoms with E-state index in [-0.39, 0.29) is 12.5 Å². The quantitative estimate of drug-likeness (QED) is 0.503. The molecule has 0 radical (unpaired) electrons. The molecule has 0 saturated carbocycles. The Morgan fingerprint density at radius 2 is 2.09 bits per heavy atom. The van der Waals surface area contributed by atoms with Crippen molar-refractivity contribution in [2.45, 2.75) is 5.92 Å². The van der Waals surface area contributed by atoms with Gasteiger partial charge in [-0.2, -0.15) is 0 Å². The second kappa shape index (κ2) is 7.06. The van der Waals surface area contributed by atoms with Gasteiger partial charge in [0.25, 0.3) is 0 Å². The number of hydrogen-bond acceptors (Lipinski definition) is 4. The van der Waals surface area contributed by atoms with Gasteiger partial charge in [-0.05, 0) is 35.9 Å². The fourth-order valence-corrected chi connectivity index (χ4v) is 2.32. The lowest BCUT2D eigenvalue weighted by atomic mass is 9.98. The minimum Gasteiger partial charge on any atom is -0.398 e. The molecule has 0 fully saturated rings. The summed E-state index contributed by atoms with van der Waals surface area (Å²) in [5.41, 5.74) is 13.8. The molecule has 0 aliphatic heterocycles. The molecule has 1 atom stereocenters. The molecule has 2 aromatic rings. The van der Waals surface area contributed by atoms with Gasteiger partial charge >= 0.3 is 0 Å². The van der Waals surface area contributed by atoms with Crippen LogP contribution in [0.4, 0.5) is 11.4 Å². The number of carbonyl (C=O) groups is 1. The molecule has 114 valence electrons. The van der Waals surface area contributed by atoms with E-state index in [0.29, 0.717) is 22.0 Å². The summed E-state index contributed by atoms with van der Waals surface area (Å²) in [6.45, 7) is 0.165. The molecule has 0 aromatic heterocycles. The first-order valence-corrected chi connectivity index (χ1v) is 7.09. The zero-order valence-electron chi connectivity index (χ0n) is 11.8. The predicted octanol–water partition coefficient (Wildman–Crippen LogP) is 2.60. The molecule has 6 N–H and O–H groups in total. The highest BCUT2D eigenvalue weighted by atomic mass is 35.5. The van der Waals surface area contributed by atoms with Crippen LogP contribution < -0.4 is 16.8 Å². The van der Waals surface area contributed by atoms with E-state index in [9.17, 15) is 4.79 Å². The molecule has 0 heterocycles. The van der Waals surface area contributed by atoms with E-state index in [1.54, 1.807) is 36.4 Å². The maximum Gasteiger partial charge on any atom is 0.233 e. The maximum atomic E-state index is 12.4. The van der Waals surface area contributed by atoms with Crippen molar-refractivity contribution < 1.29 is 4.79 Å². The Hall–Kier alpha value is -2.37. The van der Waals surface area contributed by atoms with Crippen molar-refractivity contribution in [1.29, 1.82) is 5.41 Å². The molecule has 6 heteroatoms. The second-order valence-electron chi connectivity index (χ2n) is 4.82. The normalized spacial score (nSPS) is 11.7. The van der Waals surface area contributed by atoms with Gasteiger partial charge in [0.15, 0.2) is 0 Å². The number of benzene rings is 2. The van der Waals surface area contributed by atoms with Crippen molar-refractivity contribution in [3.8, 4) is 0 Å². The minimum absolute atomic E-state index is 0.165. The van der Waals surface area contributed by atoms with Crippen molar-refractivity contribution in [2.24, 2.45) is 5.73 Å². The van der Waals surface area contributed by atoms with E-state index in [1.807, 2.05) is 6.07 Å². The van der Waals surface area contributed by atoms with Gasteiger partial charge in [0, 0.05) is 34.7 Å². The number of nitrogens with one attached hydrogen (secondary N) is 2. The van der Waals surface area contributed by atoms with Crippen LogP contribution in [0.1, 0.15) is 17.0 Å². The average Bonchev–Trinajstić information content (AvgIpc) is 2.50. The highest BCUT2D eigenvalue weighted by Gasteiger charge is 2.19. The Morgan fingerprint density at radius 3 is 2.73 bits per heavy atom. The summed E-state index contributed by atoms with van der Waals surface area (Å²) in [6, 6.07) is 12.0. The largest absolute Gasteiger partial charge is 0.398 e. The van der Waals surface area contributed by atoms with E-state index in [1.165, 1.54) is 0 Å². The van der Waals surface area contributed by atoms with Crippen LogP contribution in [0, 0.1) is 5.41 Å². The van der Waals surface area contributed by atoms with E-state index >= 15 is 0 Å². The highest BCUT2D eigenvalue weighted by Crippen LogP contribution is 2.22. The van der Waals surface area contributed by atoms with Crippen LogP contribution in [0.25, 0.3) is 0 Å². The first-order valence-electron chi connectivity index (χ1n) is 6.71. The second-order valence-corrected chi connectivity index (χ2v) is 5.26. The Bertz CT molecular complexity index is 702. The third-order valence-electron chi connectivity index (χ3n) is 3.31. The molecule has 5 nitrogen and oxygen atoms in total. The van der Waals surface area contributed by atoms with Gasteiger partial charge in [0.05, 0.1) is 5.92 Å². The Kier molecular flexibility index (Phi) is 5.14. The molecule has 0 saturated heterocycles. The summed E-state index contributed by atoms with van der Waals surface area (Å²) >= 11 is 5.96. The number of halogens is 1. The monoisotopic (exact) mass is 316 g/mol. The van der Waals surface area contributed by atoms with Crippen molar-refractivity contribution in [3.63, 3.8) is 0 Å². The summed E-state index contributed by atoms with van der Waals surface area (Å²) in [6.07, 6.45) is 1.14. The lowest BCUT2D eigenvalue weighted by Crippen LogP contribution is -2.27. The lowest BCUT2D eigenvalue weighted by molar-refractivity contribution is -0.117. The first kappa shape index (κ1) is 16.0. The molecule has 2 rings (SSSR count). The van der Waals surface area contributed by atoms with Gasteiger partial charge in [0.2, 0.25) is 5.91 Å². The van der Waals surface area contributed by atoms with Gasteiger partial charge in [-0.25, -0.2) is 0 Å². The standard InChI is InChI=1S/C16H17ClN4O/c17-12-3-1-2-10(6-12)14(9-19)16(22)21-13-4-5-15(20)11(7-13)8-18/h1-8,14,18H,9,19-20H2,(H,21,22).